The molecule has 1 saturated carbocycles. The first-order valence-electron chi connectivity index (χ1n) is 11.7. The average Bonchev–Trinajstić information content (AvgIpc) is 3.15. The molecule has 0 bridgehead atoms. The van der Waals surface area contributed by atoms with E-state index in [0.717, 1.165) is 17.7 Å². The van der Waals surface area contributed by atoms with Gasteiger partial charge in [0, 0.05) is 37.4 Å². The zero-order chi connectivity index (χ0) is 24.3. The maximum Gasteiger partial charge on any atom is 0.242 e. The predicted octanol–water partition coefficient (Wildman–Crippen LogP) is 3.16. The number of rotatable bonds is 7. The van der Waals surface area contributed by atoms with Gasteiger partial charge in [0.1, 0.15) is 4.90 Å². The Hall–Kier alpha value is -1.92. The Morgan fingerprint density at radius 2 is 1.85 bits per heavy atom. The van der Waals surface area contributed by atoms with Crippen molar-refractivity contribution in [1.82, 2.24) is 14.7 Å². The fourth-order valence-electron chi connectivity index (χ4n) is 4.49. The Morgan fingerprint density at radius 3 is 2.56 bits per heavy atom. The van der Waals surface area contributed by atoms with E-state index in [1.807, 2.05) is 6.92 Å². The van der Waals surface area contributed by atoms with Crippen molar-refractivity contribution < 1.29 is 23.1 Å². The second-order valence-corrected chi connectivity index (χ2v) is 11.9. The SMILES string of the molecule is Cc1ncc(-c2sc(NC(=O)CC3CCOCC3)nc2C)cc1S(=O)(=O)N[C@H]1CC[C@@H](O)CC1. The predicted molar refractivity (Wildman–Crippen MR) is 130 cm³/mol. The molecule has 2 aromatic rings. The number of carbonyl (C=O) groups is 1. The van der Waals surface area contributed by atoms with E-state index in [2.05, 4.69) is 20.0 Å². The highest BCUT2D eigenvalue weighted by molar-refractivity contribution is 7.89. The second-order valence-electron chi connectivity index (χ2n) is 9.18. The number of aryl methyl sites for hydroxylation is 2. The molecule has 3 N–H and O–H groups in total. The van der Waals surface area contributed by atoms with Crippen LogP contribution >= 0.6 is 11.3 Å². The molecule has 9 nitrogen and oxygen atoms in total. The van der Waals surface area contributed by atoms with Crippen molar-refractivity contribution in [2.24, 2.45) is 5.92 Å². The van der Waals surface area contributed by atoms with Gasteiger partial charge >= 0.3 is 0 Å². The molecule has 0 spiro atoms. The minimum absolute atomic E-state index is 0.0701. The molecule has 0 aromatic carbocycles. The third-order valence-electron chi connectivity index (χ3n) is 6.47. The number of hydrogen-bond donors (Lipinski definition) is 3. The highest BCUT2D eigenvalue weighted by atomic mass is 32.2. The number of anilines is 1. The van der Waals surface area contributed by atoms with Gasteiger partial charge in [-0.1, -0.05) is 11.3 Å². The molecule has 0 radical (unpaired) electrons. The monoisotopic (exact) mass is 508 g/mol. The summed E-state index contributed by atoms with van der Waals surface area (Å²) in [6.07, 6.45) is 5.90. The van der Waals surface area contributed by atoms with Crippen LogP contribution in [0.25, 0.3) is 10.4 Å². The molecule has 0 atom stereocenters. The summed E-state index contributed by atoms with van der Waals surface area (Å²) in [5.41, 5.74) is 1.76. The highest BCUT2D eigenvalue weighted by Crippen LogP contribution is 2.34. The van der Waals surface area contributed by atoms with E-state index in [1.165, 1.54) is 11.3 Å². The van der Waals surface area contributed by atoms with Crippen molar-refractivity contribution in [2.75, 3.05) is 18.5 Å². The molecule has 4 rings (SSSR count). The Labute approximate surface area is 204 Å². The first kappa shape index (κ1) is 25.2. The van der Waals surface area contributed by atoms with Gasteiger partial charge in [0.15, 0.2) is 5.13 Å². The second kappa shape index (κ2) is 10.8. The first-order valence-corrected chi connectivity index (χ1v) is 14.0. The fourth-order valence-corrected chi connectivity index (χ4v) is 6.98. The van der Waals surface area contributed by atoms with Crippen molar-refractivity contribution in [2.45, 2.75) is 75.8 Å². The van der Waals surface area contributed by atoms with Gasteiger partial charge in [0.25, 0.3) is 0 Å². The fraction of sp³-hybridized carbons (Fsp3) is 0.609. The average molecular weight is 509 g/mol. The lowest BCUT2D eigenvalue weighted by Gasteiger charge is -2.26. The van der Waals surface area contributed by atoms with Gasteiger partial charge in [0.05, 0.1) is 22.4 Å². The van der Waals surface area contributed by atoms with Gasteiger partial charge < -0.3 is 15.2 Å². The van der Waals surface area contributed by atoms with E-state index in [4.69, 9.17) is 4.74 Å². The summed E-state index contributed by atoms with van der Waals surface area (Å²) >= 11 is 1.31. The number of aliphatic hydroxyl groups excluding tert-OH is 1. The minimum atomic E-state index is -3.77. The van der Waals surface area contributed by atoms with Crippen LogP contribution in [0.3, 0.4) is 0 Å². The van der Waals surface area contributed by atoms with Crippen LogP contribution in [0.5, 0.6) is 0 Å². The highest BCUT2D eigenvalue weighted by Gasteiger charge is 2.27. The van der Waals surface area contributed by atoms with Gasteiger partial charge in [-0.05, 0) is 64.4 Å². The molecular weight excluding hydrogens is 476 g/mol. The molecule has 11 heteroatoms. The van der Waals surface area contributed by atoms with E-state index in [-0.39, 0.29) is 22.9 Å². The number of ether oxygens (including phenoxy) is 1. The van der Waals surface area contributed by atoms with Crippen LogP contribution in [-0.2, 0) is 19.6 Å². The summed E-state index contributed by atoms with van der Waals surface area (Å²) in [4.78, 5) is 22.2. The van der Waals surface area contributed by atoms with E-state index in [0.29, 0.717) is 73.3 Å². The lowest BCUT2D eigenvalue weighted by atomic mass is 9.94. The number of carbonyl (C=O) groups excluding carboxylic acids is 1. The standard InChI is InChI=1S/C23H32N4O5S2/c1-14-20(34(30,31)27-18-3-5-19(28)6-4-18)12-17(13-24-14)22-15(2)25-23(33-22)26-21(29)11-16-7-9-32-10-8-16/h12-13,16,18-19,27-28H,3-11H2,1-2H3,(H,25,26,29)/t18-,19+. The summed E-state index contributed by atoms with van der Waals surface area (Å²) in [6.45, 7) is 4.90. The summed E-state index contributed by atoms with van der Waals surface area (Å²) in [5.74, 6) is 0.252. The smallest absolute Gasteiger partial charge is 0.242 e. The molecule has 1 saturated heterocycles. The quantitative estimate of drug-likeness (QED) is 0.524. The molecule has 2 fully saturated rings. The van der Waals surface area contributed by atoms with Crippen LogP contribution in [0, 0.1) is 19.8 Å². The van der Waals surface area contributed by atoms with Crippen molar-refractivity contribution in [3.05, 3.63) is 23.7 Å². The van der Waals surface area contributed by atoms with E-state index < -0.39 is 10.0 Å². The molecular formula is C23H32N4O5S2. The molecule has 186 valence electrons. The van der Waals surface area contributed by atoms with Crippen molar-refractivity contribution >= 4 is 32.4 Å². The molecule has 0 unspecified atom stereocenters. The lowest BCUT2D eigenvalue weighted by Crippen LogP contribution is -2.38. The Kier molecular flexibility index (Phi) is 7.98. The number of hydrogen-bond acceptors (Lipinski definition) is 8. The number of nitrogens with zero attached hydrogens (tertiary/aromatic N) is 2. The lowest BCUT2D eigenvalue weighted by molar-refractivity contribution is -0.117. The largest absolute Gasteiger partial charge is 0.393 e. The molecule has 3 heterocycles. The van der Waals surface area contributed by atoms with E-state index >= 15 is 0 Å². The Morgan fingerprint density at radius 1 is 1.15 bits per heavy atom. The van der Waals surface area contributed by atoms with Crippen LogP contribution < -0.4 is 10.0 Å². The maximum atomic E-state index is 13.1. The number of aliphatic hydroxyl groups is 1. The number of nitrogens with one attached hydrogen (secondary N) is 2. The Bertz CT molecular complexity index is 1120. The molecule has 1 amide bonds. The summed E-state index contributed by atoms with van der Waals surface area (Å²) in [5, 5.41) is 13.1. The minimum Gasteiger partial charge on any atom is -0.393 e. The van der Waals surface area contributed by atoms with Crippen LogP contribution in [0.2, 0.25) is 0 Å². The molecule has 2 aromatic heterocycles. The molecule has 34 heavy (non-hydrogen) atoms. The van der Waals surface area contributed by atoms with Gasteiger partial charge in [-0.3, -0.25) is 9.78 Å². The number of sulfonamides is 1. The van der Waals surface area contributed by atoms with Crippen molar-refractivity contribution in [3.63, 3.8) is 0 Å². The Balaban J connectivity index is 1.48. The first-order chi connectivity index (χ1) is 16.2. The zero-order valence-corrected chi connectivity index (χ0v) is 21.2. The van der Waals surface area contributed by atoms with E-state index in [9.17, 15) is 18.3 Å². The van der Waals surface area contributed by atoms with Crippen molar-refractivity contribution in [3.8, 4) is 10.4 Å². The molecule has 2 aliphatic rings. The van der Waals surface area contributed by atoms with Crippen LogP contribution in [-0.4, -0.2) is 54.8 Å². The van der Waals surface area contributed by atoms with Crippen LogP contribution in [0.1, 0.15) is 56.3 Å². The van der Waals surface area contributed by atoms with Crippen molar-refractivity contribution in [1.29, 1.82) is 0 Å². The van der Waals surface area contributed by atoms with Gasteiger partial charge in [-0.2, -0.15) is 0 Å². The summed E-state index contributed by atoms with van der Waals surface area (Å²) < 4.78 is 34.4. The zero-order valence-electron chi connectivity index (χ0n) is 19.5. The van der Waals surface area contributed by atoms with Gasteiger partial charge in [0.2, 0.25) is 15.9 Å². The van der Waals surface area contributed by atoms with Crippen LogP contribution in [0.15, 0.2) is 17.2 Å². The topological polar surface area (TPSA) is 131 Å². The van der Waals surface area contributed by atoms with E-state index in [1.54, 1.807) is 19.2 Å². The number of pyridine rings is 1. The normalized spacial score (nSPS) is 22.0. The van der Waals surface area contributed by atoms with Gasteiger partial charge in [-0.25, -0.2) is 18.1 Å². The number of thiazole rings is 1. The van der Waals surface area contributed by atoms with Gasteiger partial charge in [-0.15, -0.1) is 0 Å². The third kappa shape index (κ3) is 6.19. The number of aromatic nitrogens is 2. The number of amides is 1. The third-order valence-corrected chi connectivity index (χ3v) is 9.23. The van der Waals surface area contributed by atoms with Crippen LogP contribution in [0.4, 0.5) is 5.13 Å². The summed E-state index contributed by atoms with van der Waals surface area (Å²) in [6, 6.07) is 1.43. The summed E-state index contributed by atoms with van der Waals surface area (Å²) in [7, 11) is -3.77. The maximum absolute atomic E-state index is 13.1. The molecule has 1 aliphatic heterocycles. The molecule has 1 aliphatic carbocycles.